The minimum atomic E-state index is -0.397. The first kappa shape index (κ1) is 12.2. The zero-order chi connectivity index (χ0) is 11.1. The van der Waals surface area contributed by atoms with Crippen LogP contribution in [0.5, 0.6) is 0 Å². The van der Waals surface area contributed by atoms with Crippen LogP contribution in [0.3, 0.4) is 0 Å². The van der Waals surface area contributed by atoms with E-state index in [-0.39, 0.29) is 6.10 Å². The second-order valence-electron chi connectivity index (χ2n) is 4.10. The van der Waals surface area contributed by atoms with Crippen molar-refractivity contribution in [2.75, 3.05) is 13.2 Å². The zero-order valence-electron chi connectivity index (χ0n) is 9.46. The highest BCUT2D eigenvalue weighted by atomic mass is 16.5. The molecule has 1 rings (SSSR count). The van der Waals surface area contributed by atoms with E-state index >= 15 is 0 Å². The molecule has 0 spiro atoms. The minimum Gasteiger partial charge on any atom is -0.378 e. The molecule has 1 heterocycles. The van der Waals surface area contributed by atoms with Gasteiger partial charge in [-0.1, -0.05) is 19.4 Å². The van der Waals surface area contributed by atoms with Gasteiger partial charge in [-0.15, -0.1) is 6.58 Å². The molecule has 1 aliphatic heterocycles. The molecule has 1 N–H and O–H groups in total. The van der Waals surface area contributed by atoms with Crippen molar-refractivity contribution in [2.24, 2.45) is 0 Å². The Bertz CT molecular complexity index is 244. The summed E-state index contributed by atoms with van der Waals surface area (Å²) in [6.45, 7) is 7.17. The molecule has 1 fully saturated rings. The minimum absolute atomic E-state index is 0.237. The predicted molar refractivity (Wildman–Crippen MR) is 60.4 cm³/mol. The van der Waals surface area contributed by atoms with Gasteiger partial charge < -0.3 is 4.74 Å². The number of nitriles is 1. The van der Waals surface area contributed by atoms with Crippen LogP contribution in [0.2, 0.25) is 0 Å². The molecule has 15 heavy (non-hydrogen) atoms. The van der Waals surface area contributed by atoms with Crippen molar-refractivity contribution in [3.05, 3.63) is 12.7 Å². The van der Waals surface area contributed by atoms with Crippen LogP contribution in [0.15, 0.2) is 12.7 Å². The van der Waals surface area contributed by atoms with Gasteiger partial charge in [0.15, 0.2) is 0 Å². The van der Waals surface area contributed by atoms with Crippen LogP contribution in [0, 0.1) is 11.3 Å². The maximum Gasteiger partial charge on any atom is 0.111 e. The first-order chi connectivity index (χ1) is 7.26. The van der Waals surface area contributed by atoms with E-state index in [1.807, 2.05) is 0 Å². The van der Waals surface area contributed by atoms with Gasteiger partial charge in [-0.3, -0.25) is 5.32 Å². The SMILES string of the molecule is C=CCNC1(C#N)CCOC(CCC)C1. The van der Waals surface area contributed by atoms with Crippen molar-refractivity contribution in [1.82, 2.24) is 5.32 Å². The van der Waals surface area contributed by atoms with Gasteiger partial charge in [0, 0.05) is 26.0 Å². The third-order valence-electron chi connectivity index (χ3n) is 2.87. The second-order valence-corrected chi connectivity index (χ2v) is 4.10. The van der Waals surface area contributed by atoms with Gasteiger partial charge in [-0.25, -0.2) is 0 Å². The molecular weight excluding hydrogens is 188 g/mol. The van der Waals surface area contributed by atoms with E-state index in [0.29, 0.717) is 13.2 Å². The molecule has 2 atom stereocenters. The topological polar surface area (TPSA) is 45.0 Å². The van der Waals surface area contributed by atoms with Gasteiger partial charge in [0.2, 0.25) is 0 Å². The Labute approximate surface area is 92.1 Å². The Hall–Kier alpha value is -0.850. The van der Waals surface area contributed by atoms with Crippen LogP contribution < -0.4 is 5.32 Å². The van der Waals surface area contributed by atoms with Gasteiger partial charge in [0.25, 0.3) is 0 Å². The maximum atomic E-state index is 9.25. The molecule has 0 aromatic rings. The number of nitrogens with zero attached hydrogens (tertiary/aromatic N) is 1. The molecule has 0 aliphatic carbocycles. The quantitative estimate of drug-likeness (QED) is 0.703. The number of rotatable bonds is 5. The average Bonchev–Trinajstić information content (AvgIpc) is 2.27. The summed E-state index contributed by atoms with van der Waals surface area (Å²) in [5, 5.41) is 12.5. The zero-order valence-corrected chi connectivity index (χ0v) is 9.46. The van der Waals surface area contributed by atoms with Crippen LogP contribution in [-0.4, -0.2) is 24.8 Å². The lowest BCUT2D eigenvalue weighted by Crippen LogP contribution is -2.50. The fourth-order valence-electron chi connectivity index (χ4n) is 2.03. The lowest BCUT2D eigenvalue weighted by Gasteiger charge is -2.36. The molecule has 2 unspecified atom stereocenters. The third kappa shape index (κ3) is 3.33. The molecule has 84 valence electrons. The largest absolute Gasteiger partial charge is 0.378 e. The van der Waals surface area contributed by atoms with E-state index in [1.54, 1.807) is 6.08 Å². The molecule has 1 saturated heterocycles. The van der Waals surface area contributed by atoms with Crippen molar-refractivity contribution >= 4 is 0 Å². The molecule has 3 nitrogen and oxygen atoms in total. The van der Waals surface area contributed by atoms with Crippen molar-refractivity contribution in [3.63, 3.8) is 0 Å². The van der Waals surface area contributed by atoms with E-state index in [9.17, 15) is 5.26 Å². The Morgan fingerprint density at radius 2 is 2.53 bits per heavy atom. The van der Waals surface area contributed by atoms with Gasteiger partial charge >= 0.3 is 0 Å². The number of nitrogens with one attached hydrogen (secondary N) is 1. The van der Waals surface area contributed by atoms with Crippen LogP contribution in [0.4, 0.5) is 0 Å². The van der Waals surface area contributed by atoms with Crippen molar-refractivity contribution in [1.29, 1.82) is 5.26 Å². The van der Waals surface area contributed by atoms with Gasteiger partial charge in [0.1, 0.15) is 5.54 Å². The summed E-state index contributed by atoms with van der Waals surface area (Å²) in [5.41, 5.74) is -0.397. The second kappa shape index (κ2) is 5.89. The Morgan fingerprint density at radius 1 is 1.73 bits per heavy atom. The summed E-state index contributed by atoms with van der Waals surface area (Å²) in [7, 11) is 0. The highest BCUT2D eigenvalue weighted by Gasteiger charge is 2.36. The normalized spacial score (nSPS) is 30.8. The first-order valence-electron chi connectivity index (χ1n) is 5.65. The Morgan fingerprint density at radius 3 is 3.13 bits per heavy atom. The summed E-state index contributed by atoms with van der Waals surface area (Å²) in [6, 6.07) is 2.40. The van der Waals surface area contributed by atoms with Crippen molar-refractivity contribution < 1.29 is 4.74 Å². The highest BCUT2D eigenvalue weighted by molar-refractivity contribution is 5.10. The highest BCUT2D eigenvalue weighted by Crippen LogP contribution is 2.26. The number of ether oxygens (including phenoxy) is 1. The number of hydrogen-bond donors (Lipinski definition) is 1. The fraction of sp³-hybridized carbons (Fsp3) is 0.750. The lowest BCUT2D eigenvalue weighted by atomic mass is 9.86. The molecule has 0 aromatic carbocycles. The molecule has 0 amide bonds. The molecule has 0 aromatic heterocycles. The van der Waals surface area contributed by atoms with Crippen molar-refractivity contribution in [3.8, 4) is 6.07 Å². The smallest absolute Gasteiger partial charge is 0.111 e. The van der Waals surface area contributed by atoms with Crippen molar-refractivity contribution in [2.45, 2.75) is 44.2 Å². The summed E-state index contributed by atoms with van der Waals surface area (Å²) in [6.07, 6.45) is 5.75. The summed E-state index contributed by atoms with van der Waals surface area (Å²) in [5.74, 6) is 0. The van der Waals surface area contributed by atoms with Gasteiger partial charge in [-0.05, 0) is 6.42 Å². The molecular formula is C12H20N2O. The lowest BCUT2D eigenvalue weighted by molar-refractivity contribution is -0.0178. The van der Waals surface area contributed by atoms with Crippen LogP contribution in [-0.2, 0) is 4.74 Å². The molecule has 0 radical (unpaired) electrons. The first-order valence-corrected chi connectivity index (χ1v) is 5.65. The van der Waals surface area contributed by atoms with E-state index in [0.717, 1.165) is 25.7 Å². The van der Waals surface area contributed by atoms with Crippen LogP contribution in [0.25, 0.3) is 0 Å². The van der Waals surface area contributed by atoms with E-state index in [2.05, 4.69) is 24.9 Å². The fourth-order valence-corrected chi connectivity index (χ4v) is 2.03. The van der Waals surface area contributed by atoms with Crippen LogP contribution in [0.1, 0.15) is 32.6 Å². The van der Waals surface area contributed by atoms with Gasteiger partial charge in [-0.2, -0.15) is 5.26 Å². The van der Waals surface area contributed by atoms with Crippen LogP contribution >= 0.6 is 0 Å². The molecule has 0 bridgehead atoms. The molecule has 3 heteroatoms. The monoisotopic (exact) mass is 208 g/mol. The molecule has 1 aliphatic rings. The van der Waals surface area contributed by atoms with E-state index < -0.39 is 5.54 Å². The summed E-state index contributed by atoms with van der Waals surface area (Å²) in [4.78, 5) is 0. The maximum absolute atomic E-state index is 9.25. The third-order valence-corrected chi connectivity index (χ3v) is 2.87. The standard InChI is InChI=1S/C12H20N2O/c1-3-5-11-9-12(10-13,6-8-15-11)14-7-4-2/h4,11,14H,2-3,5-9H2,1H3. The Kier molecular flexibility index (Phi) is 4.80. The number of hydrogen-bond acceptors (Lipinski definition) is 3. The van der Waals surface area contributed by atoms with Gasteiger partial charge in [0.05, 0.1) is 12.2 Å². The van der Waals surface area contributed by atoms with E-state index in [1.165, 1.54) is 0 Å². The summed E-state index contributed by atoms with van der Waals surface area (Å²) < 4.78 is 5.64. The molecule has 0 saturated carbocycles. The van der Waals surface area contributed by atoms with E-state index in [4.69, 9.17) is 4.74 Å². The Balaban J connectivity index is 2.56. The predicted octanol–water partition coefficient (Wildman–Crippen LogP) is 2.00. The average molecular weight is 208 g/mol. The summed E-state index contributed by atoms with van der Waals surface area (Å²) >= 11 is 0.